The van der Waals surface area contributed by atoms with Gasteiger partial charge in [-0.15, -0.1) is 0 Å². The number of aryl methyl sites for hydroxylation is 1. The minimum atomic E-state index is 0. The second-order valence-electron chi connectivity index (χ2n) is 2.29. The monoisotopic (exact) mass is 441 g/mol. The third kappa shape index (κ3) is 2.83. The van der Waals surface area contributed by atoms with E-state index in [9.17, 15) is 9.90 Å². The summed E-state index contributed by atoms with van der Waals surface area (Å²) >= 11 is 3.13. The number of carbonyl (C=O) groups excluding carboxylic acids is 1. The summed E-state index contributed by atoms with van der Waals surface area (Å²) in [5, 5.41) is 9.26. The summed E-state index contributed by atoms with van der Waals surface area (Å²) < 4.78 is 0.555. The second kappa shape index (κ2) is 5.36. The quantitative estimate of drug-likeness (QED) is 0.679. The van der Waals surface area contributed by atoms with E-state index in [0.29, 0.717) is 15.6 Å². The summed E-state index contributed by atoms with van der Waals surface area (Å²) in [6.45, 7) is 1.74. The van der Waals surface area contributed by atoms with E-state index in [0.717, 1.165) is 6.29 Å². The van der Waals surface area contributed by atoms with E-state index in [2.05, 4.69) is 15.9 Å². The molecule has 0 aliphatic heterocycles. The molecule has 1 radical (unpaired) electrons. The zero-order chi connectivity index (χ0) is 8.43. The molecule has 0 fully saturated rings. The number of hydrogen-bond donors (Lipinski definition) is 1. The summed E-state index contributed by atoms with van der Waals surface area (Å²) in [5.41, 5.74) is 1.26. The molecule has 1 N–H and O–H groups in total. The van der Waals surface area contributed by atoms with Crippen LogP contribution in [0.1, 0.15) is 15.9 Å². The first-order valence-corrected chi connectivity index (χ1v) is 3.88. The predicted molar refractivity (Wildman–Crippen MR) is 45.9 cm³/mol. The molecule has 4 heteroatoms. The SMILES string of the molecule is Cc1cc(C=O)cc(Br)c1O.[Ac]. The molecule has 0 saturated heterocycles. The molecule has 0 heterocycles. The molecule has 0 amide bonds. The molecule has 1 aromatic rings. The number of aromatic hydroxyl groups is 1. The summed E-state index contributed by atoms with van der Waals surface area (Å²) in [5.74, 6) is 0.190. The number of rotatable bonds is 1. The fraction of sp³-hybridized carbons (Fsp3) is 0.125. The van der Waals surface area contributed by atoms with Gasteiger partial charge in [-0.1, -0.05) is 0 Å². The van der Waals surface area contributed by atoms with Gasteiger partial charge >= 0.3 is 0 Å². The summed E-state index contributed by atoms with van der Waals surface area (Å²) in [4.78, 5) is 10.3. The largest absolute Gasteiger partial charge is 0.506 e. The Morgan fingerprint density at radius 3 is 2.50 bits per heavy atom. The number of hydrogen-bond acceptors (Lipinski definition) is 2. The van der Waals surface area contributed by atoms with Gasteiger partial charge in [-0.3, -0.25) is 4.79 Å². The number of carbonyl (C=O) groups is 1. The standard InChI is InChI=1S/C8H7BrO2.Ac/c1-5-2-6(4-10)3-7(9)8(5)11;/h2-4,11H,1H3;. The number of aldehydes is 1. The van der Waals surface area contributed by atoms with Crippen LogP contribution in [0, 0.1) is 51.0 Å². The van der Waals surface area contributed by atoms with Crippen molar-refractivity contribution in [2.45, 2.75) is 6.92 Å². The van der Waals surface area contributed by atoms with Gasteiger partial charge in [0.2, 0.25) is 0 Å². The third-order valence-corrected chi connectivity index (χ3v) is 2.02. The van der Waals surface area contributed by atoms with E-state index in [-0.39, 0.29) is 49.8 Å². The van der Waals surface area contributed by atoms with E-state index >= 15 is 0 Å². The Morgan fingerprint density at radius 2 is 2.08 bits per heavy atom. The zero-order valence-electron chi connectivity index (χ0n) is 6.54. The van der Waals surface area contributed by atoms with Crippen LogP contribution in [0.3, 0.4) is 0 Å². The van der Waals surface area contributed by atoms with Gasteiger partial charge in [-0.25, -0.2) is 0 Å². The molecular weight excluding hydrogens is 435 g/mol. The van der Waals surface area contributed by atoms with Crippen LogP contribution in [0.15, 0.2) is 16.6 Å². The smallest absolute Gasteiger partial charge is 0.150 e. The van der Waals surface area contributed by atoms with E-state index in [1.54, 1.807) is 19.1 Å². The Kier molecular flexibility index (Phi) is 5.64. The molecule has 2 nitrogen and oxygen atoms in total. The van der Waals surface area contributed by atoms with Crippen molar-refractivity contribution in [3.05, 3.63) is 27.7 Å². The number of halogens is 1. The number of phenols is 1. The van der Waals surface area contributed by atoms with Crippen molar-refractivity contribution in [3.63, 3.8) is 0 Å². The van der Waals surface area contributed by atoms with Gasteiger partial charge in [0.05, 0.1) is 4.47 Å². The van der Waals surface area contributed by atoms with Crippen LogP contribution in [-0.2, 0) is 0 Å². The van der Waals surface area contributed by atoms with Crippen molar-refractivity contribution >= 4 is 22.2 Å². The van der Waals surface area contributed by atoms with Gasteiger partial charge in [0, 0.05) is 49.6 Å². The Labute approximate surface area is 115 Å². The van der Waals surface area contributed by atoms with Crippen molar-refractivity contribution in [1.29, 1.82) is 0 Å². The molecule has 0 aliphatic rings. The van der Waals surface area contributed by atoms with E-state index < -0.39 is 0 Å². The van der Waals surface area contributed by atoms with Gasteiger partial charge < -0.3 is 5.11 Å². The maximum absolute atomic E-state index is 10.3. The van der Waals surface area contributed by atoms with Gasteiger partial charge in [-0.05, 0) is 40.5 Å². The molecular formula is C8H7AcBrO2. The maximum Gasteiger partial charge on any atom is 0.150 e. The molecule has 1 aromatic carbocycles. The zero-order valence-corrected chi connectivity index (χ0v) is 12.9. The number of benzene rings is 1. The molecule has 0 aromatic heterocycles. The van der Waals surface area contributed by atoms with Crippen LogP contribution in [0.4, 0.5) is 0 Å². The third-order valence-electron chi connectivity index (χ3n) is 1.41. The average molecular weight is 442 g/mol. The summed E-state index contributed by atoms with van der Waals surface area (Å²) in [6, 6.07) is 3.21. The first-order chi connectivity index (χ1) is 5.15. The topological polar surface area (TPSA) is 37.3 Å². The van der Waals surface area contributed by atoms with Crippen molar-refractivity contribution in [2.24, 2.45) is 0 Å². The predicted octanol–water partition coefficient (Wildman–Crippen LogP) is 2.28. The molecule has 0 spiro atoms. The first-order valence-electron chi connectivity index (χ1n) is 3.09. The Hall–Kier alpha value is 0.612. The molecule has 12 heavy (non-hydrogen) atoms. The minimum absolute atomic E-state index is 0. The van der Waals surface area contributed by atoms with Crippen LogP contribution in [0.25, 0.3) is 0 Å². The second-order valence-corrected chi connectivity index (χ2v) is 3.14. The van der Waals surface area contributed by atoms with E-state index in [4.69, 9.17) is 0 Å². The van der Waals surface area contributed by atoms with Gasteiger partial charge in [-0.2, -0.15) is 0 Å². The van der Waals surface area contributed by atoms with Crippen LogP contribution in [0.5, 0.6) is 5.75 Å². The van der Waals surface area contributed by atoms with Crippen LogP contribution in [0.2, 0.25) is 0 Å². The molecule has 0 aliphatic carbocycles. The molecule has 0 saturated carbocycles. The van der Waals surface area contributed by atoms with Crippen molar-refractivity contribution in [1.82, 2.24) is 0 Å². The fourth-order valence-electron chi connectivity index (χ4n) is 0.831. The van der Waals surface area contributed by atoms with Gasteiger partial charge in [0.1, 0.15) is 12.0 Å². The fourth-order valence-corrected chi connectivity index (χ4v) is 1.41. The maximum atomic E-state index is 10.3. The van der Waals surface area contributed by atoms with Crippen LogP contribution >= 0.6 is 15.9 Å². The first kappa shape index (κ1) is 12.6. The van der Waals surface area contributed by atoms with Crippen LogP contribution < -0.4 is 0 Å². The van der Waals surface area contributed by atoms with Crippen molar-refractivity contribution in [3.8, 4) is 5.75 Å². The molecule has 0 bridgehead atoms. The van der Waals surface area contributed by atoms with Crippen molar-refractivity contribution in [2.75, 3.05) is 0 Å². The Bertz CT molecular complexity index is 276. The minimum Gasteiger partial charge on any atom is -0.506 e. The van der Waals surface area contributed by atoms with Crippen LogP contribution in [-0.4, -0.2) is 11.4 Å². The molecule has 1 rings (SSSR count). The Balaban J connectivity index is 0.00000121. The number of phenolic OH excluding ortho intramolecular Hbond substituents is 1. The Morgan fingerprint density at radius 1 is 1.50 bits per heavy atom. The van der Waals surface area contributed by atoms with Gasteiger partial charge in [0.15, 0.2) is 0 Å². The molecule has 0 unspecified atom stereocenters. The normalized spacial score (nSPS) is 8.83. The average Bonchev–Trinajstić information content (AvgIpc) is 1.99. The summed E-state index contributed by atoms with van der Waals surface area (Å²) in [7, 11) is 0. The van der Waals surface area contributed by atoms with E-state index in [1.165, 1.54) is 0 Å². The van der Waals surface area contributed by atoms with Gasteiger partial charge in [0.25, 0.3) is 0 Å². The molecule has 0 atom stereocenters. The summed E-state index contributed by atoms with van der Waals surface area (Å²) in [6.07, 6.45) is 0.747. The van der Waals surface area contributed by atoms with Crippen molar-refractivity contribution < 1.29 is 54.0 Å². The van der Waals surface area contributed by atoms with E-state index in [1.807, 2.05) is 0 Å². The molecule has 61 valence electrons.